The molecule has 0 aliphatic rings. The predicted octanol–water partition coefficient (Wildman–Crippen LogP) is -10.1. The Balaban J connectivity index is -0.0000000533. The van der Waals surface area contributed by atoms with E-state index in [-0.39, 0.29) is 6.15 Å². The molecule has 0 unspecified atom stereocenters. The Morgan fingerprint density at radius 2 is 0.333 bits per heavy atom. The van der Waals surface area contributed by atoms with Crippen LogP contribution in [0.5, 0.6) is 0 Å². The maximum absolute atomic E-state index is 8.63. The quantitative estimate of drug-likeness (QED) is 0.236. The summed E-state index contributed by atoms with van der Waals surface area (Å²) in [4.78, 5) is 0. The van der Waals surface area contributed by atoms with Crippen molar-refractivity contribution < 1.29 is 124 Å². The Kier molecular flexibility index (Phi) is 21.1. The fourth-order valence-electron chi connectivity index (χ4n) is 0. The van der Waals surface area contributed by atoms with E-state index in [1.165, 1.54) is 0 Å². The van der Waals surface area contributed by atoms with Crippen molar-refractivity contribution in [2.45, 2.75) is 0 Å². The van der Waals surface area contributed by atoms with Gasteiger partial charge in [-0.25, -0.2) is 0 Å². The van der Waals surface area contributed by atoms with Crippen LogP contribution in [-0.4, -0.2) is 0 Å². The summed E-state index contributed by atoms with van der Waals surface area (Å²) in [5.74, 6) is 0. The van der Waals surface area contributed by atoms with Gasteiger partial charge in [-0.1, -0.05) is 0 Å². The zero-order chi connectivity index (χ0) is 18.0. The van der Waals surface area contributed by atoms with E-state index < -0.39 is 67.0 Å². The third kappa shape index (κ3) is 11700. The standard InChI is InChI=1S/4Mo.H3N.16O/h;;;;1H3;;;;;;;;;;;;;;;;/q;;;;;;;;;;;;;8*-1/p+1. The number of hydrogen-bond donors (Lipinski definition) is 1. The molecule has 0 aromatic heterocycles. The first-order valence-electron chi connectivity index (χ1n) is 2.67. The average molecular weight is 658 g/mol. The van der Waals surface area contributed by atoms with Crippen LogP contribution in [-0.2, 0) is 94.2 Å². The maximum atomic E-state index is 8.63. The normalized spacial score (nSPS) is 11.0. The van der Waals surface area contributed by atoms with Crippen LogP contribution in [0.1, 0.15) is 0 Å². The van der Waals surface area contributed by atoms with Gasteiger partial charge in [0.25, 0.3) is 0 Å². The van der Waals surface area contributed by atoms with Crippen molar-refractivity contribution in [3.8, 4) is 0 Å². The first-order valence-corrected chi connectivity index (χ1v) is 15.8. The van der Waals surface area contributed by atoms with Gasteiger partial charge in [-0.05, 0) is 0 Å². The molecule has 21 heteroatoms. The van der Waals surface area contributed by atoms with Crippen LogP contribution in [0.3, 0.4) is 0 Å². The van der Waals surface area contributed by atoms with Crippen molar-refractivity contribution in [1.82, 2.24) is 6.15 Å². The molecule has 0 bridgehead atoms. The van der Waals surface area contributed by atoms with Crippen LogP contribution in [0, 0.1) is 0 Å². The first kappa shape index (κ1) is 33.4. The van der Waals surface area contributed by atoms with Crippen LogP contribution >= 0.6 is 0 Å². The zero-order valence-corrected chi connectivity index (χ0v) is 17.2. The first-order chi connectivity index (χ1) is 8.00. The summed E-state index contributed by atoms with van der Waals surface area (Å²) >= 11 is -24.1. The van der Waals surface area contributed by atoms with Gasteiger partial charge in [0.05, 0.1) is 0 Å². The van der Waals surface area contributed by atoms with Crippen molar-refractivity contribution in [2.75, 3.05) is 0 Å². The average Bonchev–Trinajstić information content (AvgIpc) is 1.62. The molecule has 136 valence electrons. The molecule has 0 aliphatic carbocycles. The molecule has 0 atom stereocenters. The van der Waals surface area contributed by atoms with E-state index in [0.29, 0.717) is 0 Å². The molecule has 0 aromatic rings. The molecular weight excluding hydrogens is 654 g/mol. The van der Waals surface area contributed by atoms with E-state index in [4.69, 9.17) is 57.3 Å². The van der Waals surface area contributed by atoms with Gasteiger partial charge < -0.3 is 6.15 Å². The Hall–Kier alpha value is 0.793. The minimum absolute atomic E-state index is 0. The van der Waals surface area contributed by atoms with Gasteiger partial charge in [0.1, 0.15) is 0 Å². The topological polar surface area (TPSA) is 358 Å². The van der Waals surface area contributed by atoms with Gasteiger partial charge in [0.2, 0.25) is 0 Å². The van der Waals surface area contributed by atoms with Gasteiger partial charge in [-0.3, -0.25) is 0 Å². The summed E-state index contributed by atoms with van der Waals surface area (Å²) < 4.78 is 138. The van der Waals surface area contributed by atoms with Crippen molar-refractivity contribution in [2.24, 2.45) is 0 Å². The van der Waals surface area contributed by atoms with E-state index in [1.54, 1.807) is 0 Å². The van der Waals surface area contributed by atoms with Crippen molar-refractivity contribution in [3.05, 3.63) is 0 Å². The monoisotopic (exact) mass is 666 g/mol. The van der Waals surface area contributed by atoms with Crippen molar-refractivity contribution >= 4 is 0 Å². The third-order valence-corrected chi connectivity index (χ3v) is 0. The summed E-state index contributed by atoms with van der Waals surface area (Å²) in [6.07, 6.45) is 0. The fourth-order valence-corrected chi connectivity index (χ4v) is 0. The molecule has 0 rings (SSSR count). The zero-order valence-electron chi connectivity index (χ0n) is 9.16. The summed E-state index contributed by atoms with van der Waals surface area (Å²) in [5.41, 5.74) is 0. The van der Waals surface area contributed by atoms with E-state index in [0.717, 1.165) is 0 Å². The molecule has 4 N–H and O–H groups in total. The summed E-state index contributed by atoms with van der Waals surface area (Å²) in [7, 11) is 0. The molecule has 0 aliphatic heterocycles. The molecular formula is H4Mo4NO16-7. The Bertz CT molecular complexity index is 473. The number of hydrogen-bond acceptors (Lipinski definition) is 16. The van der Waals surface area contributed by atoms with Crippen LogP contribution in [0.25, 0.3) is 0 Å². The second-order valence-corrected chi connectivity index (χ2v) is 9.66. The minimum atomic E-state index is -6.02. The van der Waals surface area contributed by atoms with Gasteiger partial charge >= 0.3 is 124 Å². The molecule has 0 fully saturated rings. The Morgan fingerprint density at radius 3 is 0.333 bits per heavy atom. The summed E-state index contributed by atoms with van der Waals surface area (Å²) in [6, 6.07) is 0. The van der Waals surface area contributed by atoms with Crippen LogP contribution in [0.15, 0.2) is 0 Å². The van der Waals surface area contributed by atoms with Crippen molar-refractivity contribution in [3.63, 3.8) is 0 Å². The molecule has 17 nitrogen and oxygen atoms in total. The van der Waals surface area contributed by atoms with E-state index in [9.17, 15) is 0 Å². The van der Waals surface area contributed by atoms with Gasteiger partial charge in [0, 0.05) is 0 Å². The molecule has 21 heavy (non-hydrogen) atoms. The van der Waals surface area contributed by atoms with E-state index in [2.05, 4.69) is 0 Å². The summed E-state index contributed by atoms with van der Waals surface area (Å²) in [5, 5.41) is 0. The molecule has 0 amide bonds. The second-order valence-electron chi connectivity index (χ2n) is 1.63. The molecule has 0 saturated heterocycles. The molecule has 0 heterocycles. The second kappa shape index (κ2) is 13.3. The van der Waals surface area contributed by atoms with Crippen LogP contribution in [0.4, 0.5) is 0 Å². The molecule has 0 spiro atoms. The van der Waals surface area contributed by atoms with Crippen molar-refractivity contribution in [1.29, 1.82) is 0 Å². The predicted molar refractivity (Wildman–Crippen MR) is 11.5 cm³/mol. The number of quaternary nitrogens is 1. The Labute approximate surface area is 129 Å². The Morgan fingerprint density at radius 1 is 0.333 bits per heavy atom. The fraction of sp³-hybridized carbons (Fsp3) is 0. The van der Waals surface area contributed by atoms with E-state index >= 15 is 0 Å². The molecule has 0 radical (unpaired) electrons. The molecule has 0 saturated carbocycles. The molecule has 0 aromatic carbocycles. The van der Waals surface area contributed by atoms with Gasteiger partial charge in [0.15, 0.2) is 0 Å². The van der Waals surface area contributed by atoms with Gasteiger partial charge in [-0.2, -0.15) is 0 Å². The number of rotatable bonds is 0. The summed E-state index contributed by atoms with van der Waals surface area (Å²) in [6.45, 7) is 0. The van der Waals surface area contributed by atoms with Crippen LogP contribution in [0.2, 0.25) is 0 Å². The van der Waals surface area contributed by atoms with Gasteiger partial charge in [-0.15, -0.1) is 0 Å². The van der Waals surface area contributed by atoms with Crippen LogP contribution < -0.4 is 36.2 Å². The van der Waals surface area contributed by atoms with E-state index in [1.807, 2.05) is 0 Å². The third-order valence-electron chi connectivity index (χ3n) is 0. The SMILES string of the molecule is [NH4+].[O]=[Mo](=[O])([O-])[O-].[O]=[Mo](=[O])([O-])[O-].[O]=[Mo](=[O])([O-])[O-].[O]=[Mo](=[O])([O-])[O-].